The Morgan fingerprint density at radius 1 is 1.15 bits per heavy atom. The lowest BCUT2D eigenvalue weighted by Gasteiger charge is -2.33. The van der Waals surface area contributed by atoms with Crippen molar-refractivity contribution in [3.63, 3.8) is 0 Å². The second-order valence-electron chi connectivity index (χ2n) is 8.04. The van der Waals surface area contributed by atoms with Crippen LogP contribution < -0.4 is 14.8 Å². The smallest absolute Gasteiger partial charge is 0.227 e. The van der Waals surface area contributed by atoms with E-state index in [1.165, 1.54) is 0 Å². The molecular formula is C25H29N5O3. The van der Waals surface area contributed by atoms with Gasteiger partial charge in [-0.05, 0) is 42.7 Å². The zero-order valence-electron chi connectivity index (χ0n) is 19.2. The number of hydrogen-bond donors (Lipinski definition) is 1. The number of methoxy groups -OCH3 is 2. The van der Waals surface area contributed by atoms with E-state index in [4.69, 9.17) is 14.5 Å². The minimum Gasteiger partial charge on any atom is -0.493 e. The van der Waals surface area contributed by atoms with Gasteiger partial charge in [-0.25, -0.2) is 9.97 Å². The summed E-state index contributed by atoms with van der Waals surface area (Å²) in [5, 5.41) is 3.13. The fourth-order valence-corrected chi connectivity index (χ4v) is 4.15. The summed E-state index contributed by atoms with van der Waals surface area (Å²) in [7, 11) is 5.04. The van der Waals surface area contributed by atoms with E-state index < -0.39 is 0 Å². The predicted molar refractivity (Wildman–Crippen MR) is 127 cm³/mol. The van der Waals surface area contributed by atoms with E-state index in [-0.39, 0.29) is 11.8 Å². The third-order valence-corrected chi connectivity index (χ3v) is 5.92. The Labute approximate surface area is 194 Å². The van der Waals surface area contributed by atoms with Gasteiger partial charge in [-0.2, -0.15) is 0 Å². The van der Waals surface area contributed by atoms with Gasteiger partial charge in [0, 0.05) is 50.1 Å². The fraction of sp³-hybridized carbons (Fsp3) is 0.360. The molecule has 1 aliphatic rings. The van der Waals surface area contributed by atoms with Crippen LogP contribution in [0.1, 0.15) is 30.0 Å². The monoisotopic (exact) mass is 447 g/mol. The van der Waals surface area contributed by atoms with Crippen LogP contribution in [0.15, 0.2) is 48.8 Å². The Morgan fingerprint density at radius 2 is 2.00 bits per heavy atom. The van der Waals surface area contributed by atoms with Crippen molar-refractivity contribution in [1.82, 2.24) is 19.9 Å². The van der Waals surface area contributed by atoms with Crippen molar-refractivity contribution < 1.29 is 14.3 Å². The zero-order chi connectivity index (χ0) is 23.2. The number of likely N-dealkylation sites (tertiary alicyclic amines) is 1. The normalized spacial score (nSPS) is 15.7. The first-order valence-electron chi connectivity index (χ1n) is 11.1. The standard InChI is InChI=1S/C25H29N5O3/c1-26-23-14-20(28-25(29-23)18-6-4-10-27-15-18)19-7-5-11-30(16-19)24(31)13-17-8-9-21(32-2)22(12-17)33-3/h4,6,8-10,12,14-15,19H,5,7,11,13,16H2,1-3H3,(H,26,28,29)/t19-/m0/s1. The maximum Gasteiger partial charge on any atom is 0.227 e. The molecule has 1 aromatic carbocycles. The van der Waals surface area contributed by atoms with Gasteiger partial charge in [0.15, 0.2) is 17.3 Å². The fourth-order valence-electron chi connectivity index (χ4n) is 4.15. The molecule has 1 atom stereocenters. The quantitative estimate of drug-likeness (QED) is 0.592. The van der Waals surface area contributed by atoms with Gasteiger partial charge in [-0.3, -0.25) is 9.78 Å². The van der Waals surface area contributed by atoms with Gasteiger partial charge in [0.2, 0.25) is 5.91 Å². The molecule has 0 radical (unpaired) electrons. The van der Waals surface area contributed by atoms with Gasteiger partial charge >= 0.3 is 0 Å². The summed E-state index contributed by atoms with van der Waals surface area (Å²) in [6.45, 7) is 1.39. The molecule has 4 rings (SSSR count). The molecule has 8 heteroatoms. The maximum atomic E-state index is 13.1. The topological polar surface area (TPSA) is 89.5 Å². The number of piperidine rings is 1. The van der Waals surface area contributed by atoms with Gasteiger partial charge in [0.05, 0.1) is 26.3 Å². The number of carbonyl (C=O) groups is 1. The van der Waals surface area contributed by atoms with E-state index in [2.05, 4.69) is 15.3 Å². The number of aromatic nitrogens is 3. The molecule has 0 spiro atoms. The van der Waals surface area contributed by atoms with Crippen molar-refractivity contribution in [2.75, 3.05) is 39.7 Å². The minimum absolute atomic E-state index is 0.0994. The number of pyridine rings is 1. The second kappa shape index (κ2) is 10.3. The molecule has 33 heavy (non-hydrogen) atoms. The molecule has 2 aromatic heterocycles. The average molecular weight is 448 g/mol. The lowest BCUT2D eigenvalue weighted by Crippen LogP contribution is -2.40. The van der Waals surface area contributed by atoms with Crippen molar-refractivity contribution in [3.8, 4) is 22.9 Å². The predicted octanol–water partition coefficient (Wildman–Crippen LogP) is 3.55. The highest BCUT2D eigenvalue weighted by atomic mass is 16.5. The first kappa shape index (κ1) is 22.5. The molecule has 172 valence electrons. The minimum atomic E-state index is 0.0994. The van der Waals surface area contributed by atoms with E-state index in [0.29, 0.717) is 30.3 Å². The summed E-state index contributed by atoms with van der Waals surface area (Å²) < 4.78 is 10.7. The lowest BCUT2D eigenvalue weighted by molar-refractivity contribution is -0.131. The highest BCUT2D eigenvalue weighted by Crippen LogP contribution is 2.30. The largest absolute Gasteiger partial charge is 0.493 e. The van der Waals surface area contributed by atoms with Crippen molar-refractivity contribution in [3.05, 3.63) is 60.0 Å². The summed E-state index contributed by atoms with van der Waals surface area (Å²) in [5.41, 5.74) is 2.71. The number of nitrogens with zero attached hydrogens (tertiary/aromatic N) is 4. The molecular weight excluding hydrogens is 418 g/mol. The lowest BCUT2D eigenvalue weighted by atomic mass is 9.93. The Hall–Kier alpha value is -3.68. The van der Waals surface area contributed by atoms with Gasteiger partial charge in [-0.1, -0.05) is 6.07 Å². The highest BCUT2D eigenvalue weighted by Gasteiger charge is 2.27. The number of carbonyl (C=O) groups excluding carboxylic acids is 1. The molecule has 3 aromatic rings. The third-order valence-electron chi connectivity index (χ3n) is 5.92. The summed E-state index contributed by atoms with van der Waals surface area (Å²) in [4.78, 5) is 28.7. The van der Waals surface area contributed by atoms with Gasteiger partial charge in [-0.15, -0.1) is 0 Å². The molecule has 1 fully saturated rings. The Bertz CT molecular complexity index is 1110. The number of benzene rings is 1. The molecule has 0 unspecified atom stereocenters. The van der Waals surface area contributed by atoms with Gasteiger partial charge < -0.3 is 19.7 Å². The number of nitrogens with one attached hydrogen (secondary N) is 1. The van der Waals surface area contributed by atoms with Crippen molar-refractivity contribution in [1.29, 1.82) is 0 Å². The number of rotatable bonds is 7. The Kier molecular flexibility index (Phi) is 7.02. The van der Waals surface area contributed by atoms with Crippen molar-refractivity contribution >= 4 is 11.7 Å². The highest BCUT2D eigenvalue weighted by molar-refractivity contribution is 5.79. The Morgan fingerprint density at radius 3 is 2.73 bits per heavy atom. The van der Waals surface area contributed by atoms with Crippen molar-refractivity contribution in [2.45, 2.75) is 25.2 Å². The number of hydrogen-bond acceptors (Lipinski definition) is 7. The number of amides is 1. The van der Waals surface area contributed by atoms with Gasteiger partial charge in [0.25, 0.3) is 0 Å². The zero-order valence-corrected chi connectivity index (χ0v) is 19.2. The van der Waals surface area contributed by atoms with Crippen LogP contribution in [0.4, 0.5) is 5.82 Å². The third kappa shape index (κ3) is 5.22. The van der Waals surface area contributed by atoms with E-state index in [1.54, 1.807) is 26.6 Å². The molecule has 1 N–H and O–H groups in total. The van der Waals surface area contributed by atoms with Crippen LogP contribution in [0.3, 0.4) is 0 Å². The van der Waals surface area contributed by atoms with Crippen LogP contribution in [0.2, 0.25) is 0 Å². The molecule has 0 saturated carbocycles. The van der Waals surface area contributed by atoms with Crippen LogP contribution in [0, 0.1) is 0 Å². The molecule has 1 saturated heterocycles. The van der Waals surface area contributed by atoms with E-state index in [1.807, 2.05) is 48.3 Å². The first-order valence-corrected chi connectivity index (χ1v) is 11.1. The van der Waals surface area contributed by atoms with Crippen LogP contribution in [0.5, 0.6) is 11.5 Å². The van der Waals surface area contributed by atoms with Crippen LogP contribution >= 0.6 is 0 Å². The molecule has 1 amide bonds. The summed E-state index contributed by atoms with van der Waals surface area (Å²) in [6, 6.07) is 11.4. The van der Waals surface area contributed by atoms with Crippen molar-refractivity contribution in [2.24, 2.45) is 0 Å². The van der Waals surface area contributed by atoms with Crippen LogP contribution in [-0.2, 0) is 11.2 Å². The molecule has 8 nitrogen and oxygen atoms in total. The Balaban J connectivity index is 1.51. The maximum absolute atomic E-state index is 13.1. The average Bonchev–Trinajstić information content (AvgIpc) is 2.88. The van der Waals surface area contributed by atoms with E-state index in [9.17, 15) is 4.79 Å². The summed E-state index contributed by atoms with van der Waals surface area (Å²) >= 11 is 0. The van der Waals surface area contributed by atoms with E-state index >= 15 is 0 Å². The molecule has 1 aliphatic heterocycles. The second-order valence-corrected chi connectivity index (χ2v) is 8.04. The first-order chi connectivity index (χ1) is 16.1. The molecule has 0 bridgehead atoms. The SMILES string of the molecule is CNc1cc([C@H]2CCCN(C(=O)Cc3ccc(OC)c(OC)c3)C2)nc(-c2cccnc2)n1. The van der Waals surface area contributed by atoms with Gasteiger partial charge in [0.1, 0.15) is 5.82 Å². The van der Waals surface area contributed by atoms with Crippen LogP contribution in [0.25, 0.3) is 11.4 Å². The van der Waals surface area contributed by atoms with Crippen LogP contribution in [-0.4, -0.2) is 60.1 Å². The summed E-state index contributed by atoms with van der Waals surface area (Å²) in [5.74, 6) is 2.93. The number of ether oxygens (including phenoxy) is 2. The summed E-state index contributed by atoms with van der Waals surface area (Å²) in [6.07, 6.45) is 5.73. The molecule has 0 aliphatic carbocycles. The van der Waals surface area contributed by atoms with E-state index in [0.717, 1.165) is 42.0 Å². The number of anilines is 1. The molecule has 3 heterocycles.